The fraction of sp³-hybridized carbons (Fsp3) is 0.417. The number of likely N-dealkylation sites (N-methyl/N-ethyl adjacent to an activating group) is 1. The number of nitrogens with zero attached hydrogens (tertiary/aromatic N) is 4. The Kier molecular flexibility index (Phi) is 7.44. The van der Waals surface area contributed by atoms with Crippen molar-refractivity contribution in [2.75, 3.05) is 26.7 Å². The van der Waals surface area contributed by atoms with Gasteiger partial charge in [-0.2, -0.15) is 0 Å². The van der Waals surface area contributed by atoms with Gasteiger partial charge in [-0.1, -0.05) is 18.9 Å². The molecule has 3 heterocycles. The molecule has 3 rings (SSSR count). The molecule has 2 aromatic rings. The molecule has 0 radical (unpaired) electrons. The molecular weight excluding hydrogens is 408 g/mol. The van der Waals surface area contributed by atoms with E-state index in [1.807, 2.05) is 19.1 Å². The van der Waals surface area contributed by atoms with E-state index in [0.717, 1.165) is 0 Å². The highest BCUT2D eigenvalue weighted by molar-refractivity contribution is 5.97. The molecule has 2 aromatic heterocycles. The van der Waals surface area contributed by atoms with E-state index in [4.69, 9.17) is 4.74 Å². The van der Waals surface area contributed by atoms with Gasteiger partial charge >= 0.3 is 0 Å². The largest absolute Gasteiger partial charge is 0.472 e. The first kappa shape index (κ1) is 23.2. The van der Waals surface area contributed by atoms with Crippen molar-refractivity contribution in [3.05, 3.63) is 53.5 Å². The van der Waals surface area contributed by atoms with E-state index in [-0.39, 0.29) is 47.9 Å². The number of aliphatic hydroxyl groups excluding tert-OH is 1. The Labute approximate surface area is 188 Å². The predicted molar refractivity (Wildman–Crippen MR) is 119 cm³/mol. The summed E-state index contributed by atoms with van der Waals surface area (Å²) in [5.74, 6) is 5.70. The van der Waals surface area contributed by atoms with Crippen molar-refractivity contribution in [3.8, 4) is 17.7 Å². The molecule has 0 saturated carbocycles. The van der Waals surface area contributed by atoms with Gasteiger partial charge in [-0.05, 0) is 31.0 Å². The van der Waals surface area contributed by atoms with Gasteiger partial charge in [0.1, 0.15) is 17.4 Å². The first-order valence-corrected chi connectivity index (χ1v) is 10.5. The lowest BCUT2D eigenvalue weighted by Crippen LogP contribution is -2.50. The van der Waals surface area contributed by atoms with Gasteiger partial charge in [0, 0.05) is 44.4 Å². The van der Waals surface area contributed by atoms with E-state index in [2.05, 4.69) is 21.8 Å². The maximum Gasteiger partial charge on any atom is 0.259 e. The average molecular weight is 437 g/mol. The first-order valence-electron chi connectivity index (χ1n) is 10.5. The number of carbonyl (C=O) groups excluding carboxylic acids is 2. The molecule has 0 unspecified atom stereocenters. The fourth-order valence-electron chi connectivity index (χ4n) is 3.36. The van der Waals surface area contributed by atoms with Crippen molar-refractivity contribution >= 4 is 11.8 Å². The molecule has 168 valence electrons. The summed E-state index contributed by atoms with van der Waals surface area (Å²) >= 11 is 0. The SMILES string of the molecule is CC(=O)N(C)C[C@@H]1Oc2ncc(C#Cc3ccccn3)cc2C(=O)N([C@@H](C)CO)C[C@H]1C. The minimum absolute atomic E-state index is 0.0761. The van der Waals surface area contributed by atoms with E-state index in [1.54, 1.807) is 48.3 Å². The topological polar surface area (TPSA) is 95.9 Å². The molecule has 1 aliphatic heterocycles. The number of rotatable bonds is 4. The van der Waals surface area contributed by atoms with Crippen LogP contribution in [0, 0.1) is 17.8 Å². The van der Waals surface area contributed by atoms with Gasteiger partial charge in [0.15, 0.2) is 0 Å². The minimum atomic E-state index is -0.384. The summed E-state index contributed by atoms with van der Waals surface area (Å²) in [6, 6.07) is 6.72. The third kappa shape index (κ3) is 5.42. The Hall–Kier alpha value is -3.44. The molecule has 1 N–H and O–H groups in total. The zero-order chi connectivity index (χ0) is 23.3. The maximum atomic E-state index is 13.4. The van der Waals surface area contributed by atoms with Crippen LogP contribution in [0.1, 0.15) is 42.4 Å². The van der Waals surface area contributed by atoms with E-state index >= 15 is 0 Å². The van der Waals surface area contributed by atoms with E-state index in [0.29, 0.717) is 24.3 Å². The van der Waals surface area contributed by atoms with Gasteiger partial charge in [0.25, 0.3) is 5.91 Å². The average Bonchev–Trinajstić information content (AvgIpc) is 2.80. The molecular formula is C24H28N4O4. The van der Waals surface area contributed by atoms with Gasteiger partial charge in [0.2, 0.25) is 11.8 Å². The summed E-state index contributed by atoms with van der Waals surface area (Å²) in [5, 5.41) is 9.73. The minimum Gasteiger partial charge on any atom is -0.472 e. The number of fused-ring (bicyclic) bond motifs is 1. The molecule has 0 spiro atoms. The van der Waals surface area contributed by atoms with Crippen molar-refractivity contribution in [2.45, 2.75) is 32.9 Å². The second-order valence-electron chi connectivity index (χ2n) is 8.06. The third-order valence-electron chi connectivity index (χ3n) is 5.51. The summed E-state index contributed by atoms with van der Waals surface area (Å²) in [4.78, 5) is 36.9. The number of pyridine rings is 2. The van der Waals surface area contributed by atoms with Crippen LogP contribution in [-0.2, 0) is 4.79 Å². The monoisotopic (exact) mass is 436 g/mol. The van der Waals surface area contributed by atoms with Crippen LogP contribution in [0.2, 0.25) is 0 Å². The highest BCUT2D eigenvalue weighted by Gasteiger charge is 2.34. The number of aliphatic hydroxyl groups is 1. The van der Waals surface area contributed by atoms with Crippen LogP contribution in [0.15, 0.2) is 36.7 Å². The van der Waals surface area contributed by atoms with Crippen LogP contribution < -0.4 is 4.74 Å². The van der Waals surface area contributed by atoms with Gasteiger partial charge in [0.05, 0.1) is 19.2 Å². The van der Waals surface area contributed by atoms with Crippen LogP contribution in [0.3, 0.4) is 0 Å². The van der Waals surface area contributed by atoms with Crippen LogP contribution in [-0.4, -0.2) is 75.6 Å². The molecule has 8 heteroatoms. The summed E-state index contributed by atoms with van der Waals surface area (Å²) in [6.07, 6.45) is 2.84. The molecule has 3 atom stereocenters. The predicted octanol–water partition coefficient (Wildman–Crippen LogP) is 1.57. The highest BCUT2D eigenvalue weighted by Crippen LogP contribution is 2.27. The zero-order valence-corrected chi connectivity index (χ0v) is 18.8. The smallest absolute Gasteiger partial charge is 0.259 e. The molecule has 0 aliphatic carbocycles. The molecule has 2 amide bonds. The van der Waals surface area contributed by atoms with Gasteiger partial charge in [-0.3, -0.25) is 9.59 Å². The molecule has 8 nitrogen and oxygen atoms in total. The van der Waals surface area contributed by atoms with Crippen LogP contribution in [0.5, 0.6) is 5.88 Å². The van der Waals surface area contributed by atoms with E-state index in [9.17, 15) is 14.7 Å². The highest BCUT2D eigenvalue weighted by atomic mass is 16.5. The zero-order valence-electron chi connectivity index (χ0n) is 18.8. The summed E-state index contributed by atoms with van der Waals surface area (Å²) < 4.78 is 6.14. The van der Waals surface area contributed by atoms with Crippen molar-refractivity contribution in [3.63, 3.8) is 0 Å². The summed E-state index contributed by atoms with van der Waals surface area (Å²) in [6.45, 7) is 5.81. The normalized spacial score (nSPS) is 18.9. The molecule has 32 heavy (non-hydrogen) atoms. The summed E-state index contributed by atoms with van der Waals surface area (Å²) in [7, 11) is 1.71. The maximum absolute atomic E-state index is 13.4. The van der Waals surface area contributed by atoms with Gasteiger partial charge < -0.3 is 19.6 Å². The van der Waals surface area contributed by atoms with Crippen LogP contribution in [0.4, 0.5) is 0 Å². The molecule has 0 saturated heterocycles. The molecule has 1 aliphatic rings. The molecule has 0 bridgehead atoms. The Morgan fingerprint density at radius 3 is 2.81 bits per heavy atom. The second-order valence-corrected chi connectivity index (χ2v) is 8.06. The number of hydrogen-bond acceptors (Lipinski definition) is 6. The lowest BCUT2D eigenvalue weighted by Gasteiger charge is -2.37. The Bertz CT molecular complexity index is 1030. The number of aromatic nitrogens is 2. The first-order chi connectivity index (χ1) is 15.3. The Balaban J connectivity index is 2.00. The second kappa shape index (κ2) is 10.2. The molecule has 0 fully saturated rings. The number of amides is 2. The standard InChI is InChI=1S/C24H28N4O4/c1-16-13-28(17(2)15-29)24(31)21-11-19(8-9-20-7-5-6-10-25-20)12-26-23(21)32-22(16)14-27(4)18(3)30/h5-7,10-12,16-17,22,29H,13-15H2,1-4H3/t16-,17+,22+/m1/s1. The van der Waals surface area contributed by atoms with Crippen LogP contribution in [0.25, 0.3) is 0 Å². The van der Waals surface area contributed by atoms with Gasteiger partial charge in [-0.15, -0.1) is 0 Å². The van der Waals surface area contributed by atoms with E-state index in [1.165, 1.54) is 6.92 Å². The van der Waals surface area contributed by atoms with Crippen molar-refractivity contribution < 1.29 is 19.4 Å². The quantitative estimate of drug-likeness (QED) is 0.731. The lowest BCUT2D eigenvalue weighted by atomic mass is 10.00. The Morgan fingerprint density at radius 2 is 2.16 bits per heavy atom. The number of hydrogen-bond donors (Lipinski definition) is 1. The molecule has 0 aromatic carbocycles. The third-order valence-corrected chi connectivity index (χ3v) is 5.51. The van der Waals surface area contributed by atoms with Gasteiger partial charge in [-0.25, -0.2) is 9.97 Å². The van der Waals surface area contributed by atoms with Crippen molar-refractivity contribution in [2.24, 2.45) is 5.92 Å². The number of carbonyl (C=O) groups is 2. The van der Waals surface area contributed by atoms with Crippen LogP contribution >= 0.6 is 0 Å². The lowest BCUT2D eigenvalue weighted by molar-refractivity contribution is -0.129. The van der Waals surface area contributed by atoms with E-state index < -0.39 is 0 Å². The number of ether oxygens (including phenoxy) is 1. The Morgan fingerprint density at radius 1 is 1.38 bits per heavy atom. The van der Waals surface area contributed by atoms with Crippen molar-refractivity contribution in [1.29, 1.82) is 0 Å². The fourth-order valence-corrected chi connectivity index (χ4v) is 3.36. The van der Waals surface area contributed by atoms with Crippen molar-refractivity contribution in [1.82, 2.24) is 19.8 Å². The summed E-state index contributed by atoms with van der Waals surface area (Å²) in [5.41, 5.74) is 1.44.